The molecule has 1 atom stereocenters. The van der Waals surface area contributed by atoms with Gasteiger partial charge in [0.05, 0.1) is 24.0 Å². The van der Waals surface area contributed by atoms with Gasteiger partial charge in [-0.1, -0.05) is 36.4 Å². The summed E-state index contributed by atoms with van der Waals surface area (Å²) in [6.45, 7) is 7.98. The number of nitrogens with one attached hydrogen (secondary N) is 3. The molecule has 0 spiro atoms. The zero-order valence-electron chi connectivity index (χ0n) is 16.5. The number of benzene rings is 2. The molecule has 3 N–H and O–H groups in total. The van der Waals surface area contributed by atoms with Crippen molar-refractivity contribution in [2.45, 2.75) is 43.5 Å². The first-order valence-electron chi connectivity index (χ1n) is 9.84. The van der Waals surface area contributed by atoms with E-state index in [1.54, 1.807) is 0 Å². The SMILES string of the molecule is CC[NH+](CC)Cc1ccccc1CNC(=O)C[C@@H]1Sc2ccccc2NC1=O. The lowest BCUT2D eigenvalue weighted by atomic mass is 10.1. The molecule has 6 heteroatoms. The van der Waals surface area contributed by atoms with E-state index in [9.17, 15) is 9.59 Å². The van der Waals surface area contributed by atoms with Crippen LogP contribution in [0.1, 0.15) is 31.4 Å². The molecule has 5 nitrogen and oxygen atoms in total. The fourth-order valence-electron chi connectivity index (χ4n) is 3.33. The number of thioether (sulfide) groups is 1. The first kappa shape index (κ1) is 20.4. The monoisotopic (exact) mass is 398 g/mol. The second-order valence-electron chi connectivity index (χ2n) is 6.98. The molecule has 148 valence electrons. The highest BCUT2D eigenvalue weighted by Crippen LogP contribution is 2.36. The van der Waals surface area contributed by atoms with E-state index >= 15 is 0 Å². The molecule has 28 heavy (non-hydrogen) atoms. The van der Waals surface area contributed by atoms with E-state index in [1.165, 1.54) is 22.2 Å². The summed E-state index contributed by atoms with van der Waals surface area (Å²) < 4.78 is 0. The van der Waals surface area contributed by atoms with Gasteiger partial charge in [0.1, 0.15) is 6.54 Å². The van der Waals surface area contributed by atoms with Crippen molar-refractivity contribution in [3.63, 3.8) is 0 Å². The van der Waals surface area contributed by atoms with Crippen LogP contribution in [0.3, 0.4) is 0 Å². The fourth-order valence-corrected chi connectivity index (χ4v) is 4.44. The Labute approximate surface area is 170 Å². The number of amides is 2. The van der Waals surface area contributed by atoms with Gasteiger partial charge in [-0.05, 0) is 31.5 Å². The van der Waals surface area contributed by atoms with Gasteiger partial charge in [0.15, 0.2) is 0 Å². The van der Waals surface area contributed by atoms with E-state index in [0.717, 1.165) is 35.8 Å². The molecule has 2 aromatic rings. The molecule has 0 radical (unpaired) electrons. The second-order valence-corrected chi connectivity index (χ2v) is 8.22. The summed E-state index contributed by atoms with van der Waals surface area (Å²) in [6.07, 6.45) is 0.175. The highest BCUT2D eigenvalue weighted by Gasteiger charge is 2.28. The maximum absolute atomic E-state index is 12.5. The number of hydrogen-bond donors (Lipinski definition) is 3. The Morgan fingerprint density at radius 3 is 2.50 bits per heavy atom. The molecule has 1 aliphatic heterocycles. The number of hydrogen-bond acceptors (Lipinski definition) is 3. The topological polar surface area (TPSA) is 62.6 Å². The van der Waals surface area contributed by atoms with Gasteiger partial charge in [0, 0.05) is 23.4 Å². The quantitative estimate of drug-likeness (QED) is 0.639. The van der Waals surface area contributed by atoms with Crippen LogP contribution in [-0.4, -0.2) is 30.2 Å². The normalized spacial score (nSPS) is 15.8. The lowest BCUT2D eigenvalue weighted by Gasteiger charge is -2.23. The van der Waals surface area contributed by atoms with Crippen LogP contribution in [0.5, 0.6) is 0 Å². The Hall–Kier alpha value is -2.31. The molecule has 2 aromatic carbocycles. The van der Waals surface area contributed by atoms with Crippen LogP contribution in [0, 0.1) is 0 Å². The molecule has 2 amide bonds. The van der Waals surface area contributed by atoms with Crippen molar-refractivity contribution in [1.82, 2.24) is 5.32 Å². The van der Waals surface area contributed by atoms with E-state index in [2.05, 4.69) is 36.6 Å². The summed E-state index contributed by atoms with van der Waals surface area (Å²) in [5.41, 5.74) is 3.23. The van der Waals surface area contributed by atoms with Gasteiger partial charge in [-0.15, -0.1) is 11.8 Å². The minimum atomic E-state index is -0.398. The van der Waals surface area contributed by atoms with Gasteiger partial charge >= 0.3 is 0 Å². The zero-order chi connectivity index (χ0) is 19.9. The molecular formula is C22H28N3O2S+. The molecule has 0 fully saturated rings. The largest absolute Gasteiger partial charge is 0.352 e. The van der Waals surface area contributed by atoms with E-state index < -0.39 is 5.25 Å². The Bertz CT molecular complexity index is 836. The molecule has 1 heterocycles. The van der Waals surface area contributed by atoms with Crippen LogP contribution in [0.25, 0.3) is 0 Å². The maximum Gasteiger partial charge on any atom is 0.238 e. The van der Waals surface area contributed by atoms with Crippen LogP contribution in [0.4, 0.5) is 5.69 Å². The van der Waals surface area contributed by atoms with Crippen molar-refractivity contribution >= 4 is 29.3 Å². The number of fused-ring (bicyclic) bond motifs is 1. The summed E-state index contributed by atoms with van der Waals surface area (Å²) in [5.74, 6) is -0.207. The van der Waals surface area contributed by atoms with Gasteiger partial charge < -0.3 is 15.5 Å². The molecule has 3 rings (SSSR count). The third-order valence-electron chi connectivity index (χ3n) is 5.11. The minimum absolute atomic E-state index is 0.1000. The number of rotatable bonds is 8. The number of anilines is 1. The second kappa shape index (κ2) is 9.75. The molecule has 0 saturated carbocycles. The number of carbonyl (C=O) groups excluding carboxylic acids is 2. The Kier molecular flexibility index (Phi) is 7.12. The summed E-state index contributed by atoms with van der Waals surface area (Å²) in [6, 6.07) is 15.9. The van der Waals surface area contributed by atoms with E-state index in [1.807, 2.05) is 36.4 Å². The Morgan fingerprint density at radius 2 is 1.75 bits per heavy atom. The van der Waals surface area contributed by atoms with E-state index in [-0.39, 0.29) is 18.2 Å². The fraction of sp³-hybridized carbons (Fsp3) is 0.364. The number of carbonyl (C=O) groups is 2. The van der Waals surface area contributed by atoms with Crippen LogP contribution < -0.4 is 15.5 Å². The smallest absolute Gasteiger partial charge is 0.238 e. The van der Waals surface area contributed by atoms with Crippen LogP contribution >= 0.6 is 11.8 Å². The van der Waals surface area contributed by atoms with Crippen molar-refractivity contribution in [3.05, 3.63) is 59.7 Å². The average Bonchev–Trinajstić information content (AvgIpc) is 2.71. The minimum Gasteiger partial charge on any atom is -0.352 e. The summed E-state index contributed by atoms with van der Waals surface area (Å²) in [5, 5.41) is 5.49. The Morgan fingerprint density at radius 1 is 1.07 bits per heavy atom. The van der Waals surface area contributed by atoms with Crippen molar-refractivity contribution in [3.8, 4) is 0 Å². The third-order valence-corrected chi connectivity index (χ3v) is 6.39. The summed E-state index contributed by atoms with van der Waals surface area (Å²) in [4.78, 5) is 27.3. The lowest BCUT2D eigenvalue weighted by Crippen LogP contribution is -3.10. The lowest BCUT2D eigenvalue weighted by molar-refractivity contribution is -0.910. The molecule has 1 aliphatic rings. The van der Waals surface area contributed by atoms with Crippen molar-refractivity contribution in [2.75, 3.05) is 18.4 Å². The molecular weight excluding hydrogens is 370 g/mol. The molecule has 0 unspecified atom stereocenters. The van der Waals surface area contributed by atoms with Gasteiger partial charge in [-0.25, -0.2) is 0 Å². The van der Waals surface area contributed by atoms with Gasteiger partial charge in [0.25, 0.3) is 0 Å². The first-order valence-corrected chi connectivity index (χ1v) is 10.7. The van der Waals surface area contributed by atoms with Gasteiger partial charge in [-0.3, -0.25) is 9.59 Å². The zero-order valence-corrected chi connectivity index (χ0v) is 17.3. The van der Waals surface area contributed by atoms with Crippen molar-refractivity contribution < 1.29 is 14.5 Å². The number of quaternary nitrogens is 1. The molecule has 0 bridgehead atoms. The predicted molar refractivity (Wildman–Crippen MR) is 113 cm³/mol. The Balaban J connectivity index is 1.57. The molecule has 0 aromatic heterocycles. The number of para-hydroxylation sites is 1. The van der Waals surface area contributed by atoms with Gasteiger partial charge in [0.2, 0.25) is 11.8 Å². The van der Waals surface area contributed by atoms with Crippen molar-refractivity contribution in [2.24, 2.45) is 0 Å². The van der Waals surface area contributed by atoms with E-state index in [4.69, 9.17) is 0 Å². The predicted octanol–water partition coefficient (Wildman–Crippen LogP) is 2.23. The molecule has 0 saturated heterocycles. The summed E-state index contributed by atoms with van der Waals surface area (Å²) >= 11 is 1.46. The van der Waals surface area contributed by atoms with Gasteiger partial charge in [-0.2, -0.15) is 0 Å². The molecule has 0 aliphatic carbocycles. The van der Waals surface area contributed by atoms with Crippen LogP contribution in [0.2, 0.25) is 0 Å². The highest BCUT2D eigenvalue weighted by atomic mass is 32.2. The standard InChI is InChI=1S/C22H27N3O2S/c1-3-25(4-2)15-17-10-6-5-9-16(17)14-23-21(26)13-20-22(27)24-18-11-7-8-12-19(18)28-20/h5-12,20H,3-4,13-15H2,1-2H3,(H,23,26)(H,24,27)/p+1/t20-/m0/s1. The van der Waals surface area contributed by atoms with E-state index in [0.29, 0.717) is 6.54 Å². The first-order chi connectivity index (χ1) is 13.6. The average molecular weight is 399 g/mol. The summed E-state index contributed by atoms with van der Waals surface area (Å²) in [7, 11) is 0. The maximum atomic E-state index is 12.5. The van der Waals surface area contributed by atoms with Crippen LogP contribution in [0.15, 0.2) is 53.4 Å². The third kappa shape index (κ3) is 5.14. The van der Waals surface area contributed by atoms with Crippen molar-refractivity contribution in [1.29, 1.82) is 0 Å². The highest BCUT2D eigenvalue weighted by molar-refractivity contribution is 8.01. The van der Waals surface area contributed by atoms with Crippen LogP contribution in [-0.2, 0) is 22.7 Å².